The Bertz CT molecular complexity index is 528. The molecule has 6 heteroatoms. The number of sulfonamides is 1. The molecule has 1 rings (SSSR count). The van der Waals surface area contributed by atoms with Gasteiger partial charge >= 0.3 is 0 Å². The van der Waals surface area contributed by atoms with Gasteiger partial charge in [0.05, 0.1) is 12.0 Å². The van der Waals surface area contributed by atoms with E-state index in [9.17, 15) is 8.42 Å². The second kappa shape index (κ2) is 7.24. The van der Waals surface area contributed by atoms with Crippen LogP contribution in [-0.4, -0.2) is 38.5 Å². The maximum absolute atomic E-state index is 12.9. The normalized spacial score (nSPS) is 12.7. The zero-order chi connectivity index (χ0) is 16.1. The number of nitrogens with zero attached hydrogens (tertiary/aromatic N) is 1. The van der Waals surface area contributed by atoms with E-state index in [0.29, 0.717) is 31.7 Å². The van der Waals surface area contributed by atoms with Crippen LogP contribution in [0.25, 0.3) is 0 Å². The highest BCUT2D eigenvalue weighted by molar-refractivity contribution is 7.89. The van der Waals surface area contributed by atoms with Gasteiger partial charge in [-0.2, -0.15) is 4.31 Å². The summed E-state index contributed by atoms with van der Waals surface area (Å²) >= 11 is 0. The van der Waals surface area contributed by atoms with Crippen LogP contribution in [0, 0.1) is 0 Å². The minimum absolute atomic E-state index is 0.268. The fourth-order valence-electron chi connectivity index (χ4n) is 2.63. The molecule has 21 heavy (non-hydrogen) atoms. The summed E-state index contributed by atoms with van der Waals surface area (Å²) < 4.78 is 32.4. The van der Waals surface area contributed by atoms with E-state index in [4.69, 9.17) is 10.5 Å². The van der Waals surface area contributed by atoms with Gasteiger partial charge in [0.2, 0.25) is 10.0 Å². The van der Waals surface area contributed by atoms with Gasteiger partial charge in [0.25, 0.3) is 0 Å². The number of nitrogens with two attached hydrogens (primary N) is 1. The average Bonchev–Trinajstić information content (AvgIpc) is 2.52. The first-order chi connectivity index (χ1) is 9.91. The number of rotatable bonds is 8. The molecule has 0 aliphatic rings. The van der Waals surface area contributed by atoms with Gasteiger partial charge in [-0.25, -0.2) is 8.42 Å². The fourth-order valence-corrected chi connectivity index (χ4v) is 4.55. The third-order valence-electron chi connectivity index (χ3n) is 4.16. The number of hydrogen-bond acceptors (Lipinski definition) is 4. The molecule has 0 bridgehead atoms. The van der Waals surface area contributed by atoms with Crippen LogP contribution < -0.4 is 10.5 Å². The van der Waals surface area contributed by atoms with Crippen molar-refractivity contribution in [3.8, 4) is 5.75 Å². The first-order valence-electron chi connectivity index (χ1n) is 7.28. The van der Waals surface area contributed by atoms with Crippen LogP contribution >= 0.6 is 0 Å². The number of methoxy groups -OCH3 is 1. The summed E-state index contributed by atoms with van der Waals surface area (Å²) in [5.41, 5.74) is 5.37. The SMILES string of the molecule is CCN(C(CC)(CC)CN)S(=O)(=O)c1ccc(OC)cc1. The first-order valence-corrected chi connectivity index (χ1v) is 8.72. The Balaban J connectivity index is 3.29. The van der Waals surface area contributed by atoms with Gasteiger partial charge in [-0.1, -0.05) is 20.8 Å². The molecule has 0 unspecified atom stereocenters. The van der Waals surface area contributed by atoms with Crippen molar-refractivity contribution in [2.75, 3.05) is 20.2 Å². The standard InChI is InChI=1S/C15H26N2O3S/c1-5-15(6-2,12-16)17(7-3)21(18,19)14-10-8-13(20-4)9-11-14/h8-11H,5-7,12,16H2,1-4H3. The molecule has 120 valence electrons. The summed E-state index contributed by atoms with van der Waals surface area (Å²) in [4.78, 5) is 0.268. The maximum Gasteiger partial charge on any atom is 0.243 e. The number of likely N-dealkylation sites (N-methyl/N-ethyl adjacent to an activating group) is 1. The van der Waals surface area contributed by atoms with Crippen LogP contribution in [0.3, 0.4) is 0 Å². The van der Waals surface area contributed by atoms with Crippen LogP contribution in [0.15, 0.2) is 29.2 Å². The fraction of sp³-hybridized carbons (Fsp3) is 0.600. The Morgan fingerprint density at radius 2 is 1.67 bits per heavy atom. The smallest absolute Gasteiger partial charge is 0.243 e. The van der Waals surface area contributed by atoms with Crippen molar-refractivity contribution in [2.45, 2.75) is 44.0 Å². The van der Waals surface area contributed by atoms with E-state index in [1.807, 2.05) is 20.8 Å². The van der Waals surface area contributed by atoms with Gasteiger partial charge in [0.1, 0.15) is 5.75 Å². The Morgan fingerprint density at radius 1 is 1.14 bits per heavy atom. The molecular weight excluding hydrogens is 288 g/mol. The zero-order valence-corrected chi connectivity index (χ0v) is 14.1. The lowest BCUT2D eigenvalue weighted by molar-refractivity contribution is 0.184. The molecule has 5 nitrogen and oxygen atoms in total. The summed E-state index contributed by atoms with van der Waals surface area (Å²) in [6, 6.07) is 6.46. The highest BCUT2D eigenvalue weighted by Crippen LogP contribution is 2.30. The lowest BCUT2D eigenvalue weighted by Gasteiger charge is -2.40. The van der Waals surface area contributed by atoms with E-state index < -0.39 is 15.6 Å². The van der Waals surface area contributed by atoms with Crippen molar-refractivity contribution in [1.82, 2.24) is 4.31 Å². The average molecular weight is 314 g/mol. The molecule has 0 saturated heterocycles. The highest BCUT2D eigenvalue weighted by atomic mass is 32.2. The van der Waals surface area contributed by atoms with Gasteiger partial charge in [-0.3, -0.25) is 0 Å². The lowest BCUT2D eigenvalue weighted by Crippen LogP contribution is -2.55. The van der Waals surface area contributed by atoms with Crippen molar-refractivity contribution < 1.29 is 13.2 Å². The predicted octanol–water partition coefficient (Wildman–Crippen LogP) is 2.22. The Morgan fingerprint density at radius 3 is 2.00 bits per heavy atom. The molecule has 0 aliphatic heterocycles. The Labute approximate surface area is 128 Å². The molecule has 1 aromatic rings. The molecule has 0 saturated carbocycles. The van der Waals surface area contributed by atoms with E-state index in [1.54, 1.807) is 31.4 Å². The van der Waals surface area contributed by atoms with Gasteiger partial charge < -0.3 is 10.5 Å². The molecule has 0 atom stereocenters. The molecule has 0 amide bonds. The van der Waals surface area contributed by atoms with Gasteiger partial charge in [0.15, 0.2) is 0 Å². The number of hydrogen-bond donors (Lipinski definition) is 1. The molecule has 0 heterocycles. The molecule has 0 fully saturated rings. The number of ether oxygens (including phenoxy) is 1. The predicted molar refractivity (Wildman–Crippen MR) is 84.9 cm³/mol. The lowest BCUT2D eigenvalue weighted by atomic mass is 9.93. The summed E-state index contributed by atoms with van der Waals surface area (Å²) in [6.45, 7) is 6.50. The van der Waals surface area contributed by atoms with E-state index in [1.165, 1.54) is 4.31 Å². The Kier molecular flexibility index (Phi) is 6.19. The third kappa shape index (κ3) is 3.39. The molecule has 1 aromatic carbocycles. The number of benzene rings is 1. The van der Waals surface area contributed by atoms with Gasteiger partial charge in [-0.15, -0.1) is 0 Å². The minimum atomic E-state index is -3.57. The van der Waals surface area contributed by atoms with E-state index >= 15 is 0 Å². The van der Waals surface area contributed by atoms with Crippen LogP contribution in [0.1, 0.15) is 33.6 Å². The second-order valence-electron chi connectivity index (χ2n) is 4.98. The molecule has 0 aliphatic carbocycles. The van der Waals surface area contributed by atoms with Gasteiger partial charge in [0, 0.05) is 18.6 Å². The summed E-state index contributed by atoms with van der Waals surface area (Å²) in [5, 5.41) is 0. The molecule has 0 spiro atoms. The highest BCUT2D eigenvalue weighted by Gasteiger charge is 2.39. The molecule has 0 aromatic heterocycles. The van der Waals surface area contributed by atoms with E-state index in [0.717, 1.165) is 0 Å². The molecule has 2 N–H and O–H groups in total. The monoisotopic (exact) mass is 314 g/mol. The Hall–Kier alpha value is -1.11. The largest absolute Gasteiger partial charge is 0.497 e. The maximum atomic E-state index is 12.9. The topological polar surface area (TPSA) is 72.6 Å². The van der Waals surface area contributed by atoms with E-state index in [-0.39, 0.29) is 4.90 Å². The van der Waals surface area contributed by atoms with E-state index in [2.05, 4.69) is 0 Å². The van der Waals surface area contributed by atoms with Crippen molar-refractivity contribution in [1.29, 1.82) is 0 Å². The quantitative estimate of drug-likeness (QED) is 0.798. The van der Waals surface area contributed by atoms with Crippen LogP contribution in [0.4, 0.5) is 0 Å². The molecular formula is C15H26N2O3S. The molecule has 0 radical (unpaired) electrons. The summed E-state index contributed by atoms with van der Waals surface area (Å²) in [7, 11) is -2.02. The first kappa shape index (κ1) is 17.9. The zero-order valence-electron chi connectivity index (χ0n) is 13.3. The van der Waals surface area contributed by atoms with Crippen LogP contribution in [0.2, 0.25) is 0 Å². The summed E-state index contributed by atoms with van der Waals surface area (Å²) in [6.07, 6.45) is 1.37. The van der Waals surface area contributed by atoms with Crippen molar-refractivity contribution in [3.63, 3.8) is 0 Å². The second-order valence-corrected chi connectivity index (χ2v) is 6.84. The van der Waals surface area contributed by atoms with Crippen molar-refractivity contribution in [3.05, 3.63) is 24.3 Å². The van der Waals surface area contributed by atoms with Crippen molar-refractivity contribution >= 4 is 10.0 Å². The minimum Gasteiger partial charge on any atom is -0.497 e. The van der Waals surface area contributed by atoms with Crippen LogP contribution in [-0.2, 0) is 10.0 Å². The van der Waals surface area contributed by atoms with Crippen molar-refractivity contribution in [2.24, 2.45) is 5.73 Å². The van der Waals surface area contributed by atoms with Crippen LogP contribution in [0.5, 0.6) is 5.75 Å². The third-order valence-corrected chi connectivity index (χ3v) is 6.25. The van der Waals surface area contributed by atoms with Gasteiger partial charge in [-0.05, 0) is 37.1 Å². The summed E-state index contributed by atoms with van der Waals surface area (Å²) in [5.74, 6) is 0.632.